The fraction of sp³-hybridized carbons (Fsp3) is 0.350. The molecule has 1 aliphatic rings. The zero-order valence-corrected chi connectivity index (χ0v) is 13.7. The van der Waals surface area contributed by atoms with E-state index in [-0.39, 0.29) is 17.8 Å². The van der Waals surface area contributed by atoms with Crippen LogP contribution in [-0.4, -0.2) is 30.5 Å². The molecule has 2 aromatic carbocycles. The molecule has 0 unspecified atom stereocenters. The minimum atomic E-state index is -0.261. The molecule has 0 bridgehead atoms. The predicted octanol–water partition coefficient (Wildman–Crippen LogP) is 3.75. The maximum absolute atomic E-state index is 13.0. The molecule has 1 atom stereocenters. The third kappa shape index (κ3) is 4.42. The Labute approximate surface area is 142 Å². The summed E-state index contributed by atoms with van der Waals surface area (Å²) in [5.74, 6) is -0.0928. The lowest BCUT2D eigenvalue weighted by atomic mass is 10.1. The lowest BCUT2D eigenvalue weighted by Crippen LogP contribution is -2.42. The zero-order valence-electron chi connectivity index (χ0n) is 13.7. The Hall–Kier alpha value is -2.20. The number of nitrogens with zero attached hydrogens (tertiary/aromatic N) is 1. The van der Waals surface area contributed by atoms with Gasteiger partial charge in [-0.3, -0.25) is 4.79 Å². The topological polar surface area (TPSA) is 29.5 Å². The summed E-state index contributed by atoms with van der Waals surface area (Å²) in [6.07, 6.45) is 2.14. The van der Waals surface area contributed by atoms with Crippen LogP contribution in [0.2, 0.25) is 0 Å². The summed E-state index contributed by atoms with van der Waals surface area (Å²) in [6.45, 7) is 1.68. The van der Waals surface area contributed by atoms with Gasteiger partial charge in [0.15, 0.2) is 0 Å². The molecule has 4 heteroatoms. The first-order chi connectivity index (χ1) is 11.7. The number of halogens is 1. The zero-order chi connectivity index (χ0) is 16.8. The maximum atomic E-state index is 13.0. The number of carbonyl (C=O) groups is 1. The largest absolute Gasteiger partial charge is 0.370 e. The molecule has 1 heterocycles. The van der Waals surface area contributed by atoms with Crippen LogP contribution in [0, 0.1) is 5.82 Å². The molecule has 0 N–H and O–H groups in total. The average molecular weight is 327 g/mol. The summed E-state index contributed by atoms with van der Waals surface area (Å²) in [6, 6.07) is 16.5. The molecule has 0 aliphatic carbocycles. The van der Waals surface area contributed by atoms with Crippen molar-refractivity contribution in [3.63, 3.8) is 0 Å². The summed E-state index contributed by atoms with van der Waals surface area (Å²) in [5, 5.41) is 0. The predicted molar refractivity (Wildman–Crippen MR) is 91.1 cm³/mol. The molecule has 0 aromatic heterocycles. The van der Waals surface area contributed by atoms with Crippen LogP contribution in [0.1, 0.15) is 30.1 Å². The Kier molecular flexibility index (Phi) is 5.59. The first kappa shape index (κ1) is 16.7. The van der Waals surface area contributed by atoms with Gasteiger partial charge >= 0.3 is 0 Å². The lowest BCUT2D eigenvalue weighted by molar-refractivity contribution is -0.139. The molecule has 126 valence electrons. The van der Waals surface area contributed by atoms with Crippen molar-refractivity contribution in [1.82, 2.24) is 4.90 Å². The van der Waals surface area contributed by atoms with Gasteiger partial charge in [-0.25, -0.2) is 4.39 Å². The van der Waals surface area contributed by atoms with Crippen molar-refractivity contribution >= 4 is 5.91 Å². The van der Waals surface area contributed by atoms with E-state index in [0.29, 0.717) is 26.1 Å². The Balaban J connectivity index is 1.50. The summed E-state index contributed by atoms with van der Waals surface area (Å²) in [5.41, 5.74) is 2.18. The van der Waals surface area contributed by atoms with E-state index in [2.05, 4.69) is 12.1 Å². The third-order valence-electron chi connectivity index (χ3n) is 4.36. The minimum absolute atomic E-state index is 0.168. The molecule has 1 aliphatic heterocycles. The van der Waals surface area contributed by atoms with E-state index in [1.165, 1.54) is 17.7 Å². The van der Waals surface area contributed by atoms with Crippen LogP contribution in [-0.2, 0) is 16.0 Å². The van der Waals surface area contributed by atoms with Gasteiger partial charge in [0.25, 0.3) is 0 Å². The summed E-state index contributed by atoms with van der Waals surface area (Å²) in [4.78, 5) is 14.3. The fourth-order valence-corrected chi connectivity index (χ4v) is 3.00. The molecule has 3 rings (SSSR count). The van der Waals surface area contributed by atoms with Crippen molar-refractivity contribution < 1.29 is 13.9 Å². The summed E-state index contributed by atoms with van der Waals surface area (Å²) >= 11 is 0. The van der Waals surface area contributed by atoms with Gasteiger partial charge in [-0.1, -0.05) is 42.5 Å². The molecule has 0 spiro atoms. The SMILES string of the molecule is O=C(CCCc1ccccc1)N1CCO[C@H](c2ccc(F)cc2)C1. The van der Waals surface area contributed by atoms with Crippen molar-refractivity contribution in [2.24, 2.45) is 0 Å². The lowest BCUT2D eigenvalue weighted by Gasteiger charge is -2.33. The molecule has 24 heavy (non-hydrogen) atoms. The monoisotopic (exact) mass is 327 g/mol. The molecular formula is C20H22FNO2. The summed E-state index contributed by atoms with van der Waals surface area (Å²) < 4.78 is 18.8. The fourth-order valence-electron chi connectivity index (χ4n) is 3.00. The Morgan fingerprint density at radius 3 is 2.62 bits per heavy atom. The van der Waals surface area contributed by atoms with Crippen molar-refractivity contribution in [3.05, 3.63) is 71.5 Å². The molecule has 1 saturated heterocycles. The number of amides is 1. The van der Waals surface area contributed by atoms with Crippen LogP contribution in [0.15, 0.2) is 54.6 Å². The van der Waals surface area contributed by atoms with E-state index >= 15 is 0 Å². The summed E-state index contributed by atoms with van der Waals surface area (Å²) in [7, 11) is 0. The smallest absolute Gasteiger partial charge is 0.222 e. The molecule has 1 amide bonds. The van der Waals surface area contributed by atoms with Crippen LogP contribution in [0.3, 0.4) is 0 Å². The number of hydrogen-bond acceptors (Lipinski definition) is 2. The van der Waals surface area contributed by atoms with E-state index in [4.69, 9.17) is 4.74 Å². The van der Waals surface area contributed by atoms with Crippen LogP contribution >= 0.6 is 0 Å². The molecule has 0 radical (unpaired) electrons. The Bertz CT molecular complexity index is 657. The van der Waals surface area contributed by atoms with Gasteiger partial charge in [0.2, 0.25) is 5.91 Å². The number of ether oxygens (including phenoxy) is 1. The normalized spacial score (nSPS) is 17.7. The van der Waals surface area contributed by atoms with Gasteiger partial charge in [-0.2, -0.15) is 0 Å². The van der Waals surface area contributed by atoms with Gasteiger partial charge in [0.1, 0.15) is 11.9 Å². The van der Waals surface area contributed by atoms with Gasteiger partial charge in [0.05, 0.1) is 13.2 Å². The van der Waals surface area contributed by atoms with Crippen LogP contribution in [0.4, 0.5) is 4.39 Å². The Morgan fingerprint density at radius 2 is 1.88 bits per heavy atom. The van der Waals surface area contributed by atoms with Gasteiger partial charge in [-0.05, 0) is 36.1 Å². The van der Waals surface area contributed by atoms with Crippen molar-refractivity contribution in [2.45, 2.75) is 25.4 Å². The van der Waals surface area contributed by atoms with E-state index < -0.39 is 0 Å². The average Bonchev–Trinajstić information content (AvgIpc) is 2.63. The second-order valence-electron chi connectivity index (χ2n) is 6.09. The molecule has 3 nitrogen and oxygen atoms in total. The van der Waals surface area contributed by atoms with E-state index in [9.17, 15) is 9.18 Å². The first-order valence-corrected chi connectivity index (χ1v) is 8.41. The number of benzene rings is 2. The highest BCUT2D eigenvalue weighted by molar-refractivity contribution is 5.76. The maximum Gasteiger partial charge on any atom is 0.222 e. The highest BCUT2D eigenvalue weighted by atomic mass is 19.1. The minimum Gasteiger partial charge on any atom is -0.370 e. The van der Waals surface area contributed by atoms with E-state index in [0.717, 1.165) is 18.4 Å². The van der Waals surface area contributed by atoms with Crippen molar-refractivity contribution in [1.29, 1.82) is 0 Å². The van der Waals surface area contributed by atoms with Crippen molar-refractivity contribution in [2.75, 3.05) is 19.7 Å². The van der Waals surface area contributed by atoms with Crippen molar-refractivity contribution in [3.8, 4) is 0 Å². The third-order valence-corrected chi connectivity index (χ3v) is 4.36. The van der Waals surface area contributed by atoms with Crippen LogP contribution in [0.25, 0.3) is 0 Å². The number of carbonyl (C=O) groups excluding carboxylic acids is 1. The number of morpholine rings is 1. The van der Waals surface area contributed by atoms with E-state index in [1.807, 2.05) is 23.1 Å². The van der Waals surface area contributed by atoms with Gasteiger partial charge < -0.3 is 9.64 Å². The second-order valence-corrected chi connectivity index (χ2v) is 6.09. The number of aryl methyl sites for hydroxylation is 1. The molecule has 2 aromatic rings. The molecular weight excluding hydrogens is 305 g/mol. The van der Waals surface area contributed by atoms with Crippen LogP contribution < -0.4 is 0 Å². The van der Waals surface area contributed by atoms with E-state index in [1.54, 1.807) is 12.1 Å². The quantitative estimate of drug-likeness (QED) is 0.837. The first-order valence-electron chi connectivity index (χ1n) is 8.41. The molecule has 1 fully saturated rings. The molecule has 0 saturated carbocycles. The second kappa shape index (κ2) is 8.06. The highest BCUT2D eigenvalue weighted by Crippen LogP contribution is 2.23. The van der Waals surface area contributed by atoms with Gasteiger partial charge in [-0.15, -0.1) is 0 Å². The standard InChI is InChI=1S/C20H22FNO2/c21-18-11-9-17(10-12-18)19-15-22(13-14-24-19)20(23)8-4-7-16-5-2-1-3-6-16/h1-3,5-6,9-12,19H,4,7-8,13-15H2/t19-/m0/s1. The number of hydrogen-bond donors (Lipinski definition) is 0. The Morgan fingerprint density at radius 1 is 1.12 bits per heavy atom. The van der Waals surface area contributed by atoms with Crippen LogP contribution in [0.5, 0.6) is 0 Å². The van der Waals surface area contributed by atoms with Gasteiger partial charge in [0, 0.05) is 13.0 Å². The highest BCUT2D eigenvalue weighted by Gasteiger charge is 2.25. The number of rotatable bonds is 5.